The summed E-state index contributed by atoms with van der Waals surface area (Å²) < 4.78 is 27.4. The molecule has 4 heterocycles. The maximum Gasteiger partial charge on any atom is 0.343 e. The van der Waals surface area contributed by atoms with Gasteiger partial charge in [0.15, 0.2) is 0 Å². The Hall–Kier alpha value is -6.96. The van der Waals surface area contributed by atoms with Gasteiger partial charge in [-0.3, -0.25) is 0 Å². The SMILES string of the molecule is C.C.CC1CN(c2ccc(O)cn2)CC(C)O1.COc1ccc(-c2cccc(C(=O)O)c2C)cc1.COc1ccc(-c2cccc(C(=O)Oc3ccc(N4CC(C)OC(C)C4)nc3)c2C)cc1. The van der Waals surface area contributed by atoms with Crippen LogP contribution in [0.15, 0.2) is 122 Å². The van der Waals surface area contributed by atoms with E-state index < -0.39 is 11.9 Å². The minimum Gasteiger partial charge on any atom is -0.506 e. The van der Waals surface area contributed by atoms with Gasteiger partial charge in [-0.1, -0.05) is 63.4 Å². The van der Waals surface area contributed by atoms with Crippen LogP contribution in [0.1, 0.15) is 74.4 Å². The number of carboxylic acids is 1. The minimum absolute atomic E-state index is 0. The Morgan fingerprint density at radius 2 is 0.970 bits per heavy atom. The van der Waals surface area contributed by atoms with Crippen molar-refractivity contribution in [3.05, 3.63) is 144 Å². The number of carboxylic acid groups (broad SMARTS) is 1. The van der Waals surface area contributed by atoms with Gasteiger partial charge in [-0.2, -0.15) is 0 Å². The van der Waals surface area contributed by atoms with Crippen LogP contribution in [0.4, 0.5) is 11.6 Å². The van der Waals surface area contributed by atoms with Gasteiger partial charge in [-0.15, -0.1) is 0 Å². The maximum absolute atomic E-state index is 12.9. The van der Waals surface area contributed by atoms with Crippen LogP contribution in [0.5, 0.6) is 23.0 Å². The molecule has 2 saturated heterocycles. The average molecular weight is 915 g/mol. The summed E-state index contributed by atoms with van der Waals surface area (Å²) in [7, 11) is 3.26. The number of aromatic carboxylic acids is 1. The molecule has 2 aliphatic rings. The first-order valence-electron chi connectivity index (χ1n) is 21.6. The third-order valence-corrected chi connectivity index (χ3v) is 11.1. The van der Waals surface area contributed by atoms with Crippen molar-refractivity contribution >= 4 is 23.6 Å². The highest BCUT2D eigenvalue weighted by molar-refractivity contribution is 5.95. The van der Waals surface area contributed by atoms with Gasteiger partial charge in [0.05, 0.1) is 62.2 Å². The normalized spacial score (nSPS) is 17.4. The molecule has 6 aromatic rings. The summed E-state index contributed by atoms with van der Waals surface area (Å²) in [6.45, 7) is 15.3. The van der Waals surface area contributed by atoms with Crippen LogP contribution in [0.3, 0.4) is 0 Å². The molecule has 2 N–H and O–H groups in total. The summed E-state index contributed by atoms with van der Waals surface area (Å²) in [6.07, 6.45) is 3.83. The van der Waals surface area contributed by atoms with Crippen LogP contribution in [-0.4, -0.2) is 96.9 Å². The number of rotatable bonds is 9. The van der Waals surface area contributed by atoms with E-state index in [-0.39, 0.29) is 45.0 Å². The van der Waals surface area contributed by atoms with Crippen LogP contribution in [0.25, 0.3) is 22.3 Å². The predicted octanol–water partition coefficient (Wildman–Crippen LogP) is 10.9. The second kappa shape index (κ2) is 24.5. The largest absolute Gasteiger partial charge is 0.506 e. The predicted molar refractivity (Wildman–Crippen MR) is 266 cm³/mol. The zero-order valence-corrected chi connectivity index (χ0v) is 38.2. The molecule has 8 rings (SSSR count). The van der Waals surface area contributed by atoms with E-state index >= 15 is 0 Å². The van der Waals surface area contributed by atoms with Crippen molar-refractivity contribution in [2.75, 3.05) is 50.2 Å². The van der Waals surface area contributed by atoms with Gasteiger partial charge in [-0.05, 0) is 136 Å². The summed E-state index contributed by atoms with van der Waals surface area (Å²) >= 11 is 0. The van der Waals surface area contributed by atoms with Crippen molar-refractivity contribution in [3.63, 3.8) is 0 Å². The van der Waals surface area contributed by atoms with E-state index in [9.17, 15) is 9.59 Å². The number of carbonyl (C=O) groups excluding carboxylic acids is 1. The zero-order chi connectivity index (χ0) is 46.6. The molecule has 2 aliphatic heterocycles. The molecule has 4 aromatic carbocycles. The molecule has 13 heteroatoms. The molecule has 0 radical (unpaired) electrons. The highest BCUT2D eigenvalue weighted by Crippen LogP contribution is 2.30. The Morgan fingerprint density at radius 3 is 1.36 bits per heavy atom. The molecule has 356 valence electrons. The summed E-state index contributed by atoms with van der Waals surface area (Å²) in [5, 5.41) is 18.3. The quantitative estimate of drug-likeness (QED) is 0.132. The summed E-state index contributed by atoms with van der Waals surface area (Å²) in [6, 6.07) is 33.4. The molecule has 67 heavy (non-hydrogen) atoms. The lowest BCUT2D eigenvalue weighted by molar-refractivity contribution is -0.00572. The number of nitrogens with zero attached hydrogens (tertiary/aromatic N) is 4. The van der Waals surface area contributed by atoms with Gasteiger partial charge in [0.25, 0.3) is 0 Å². The minimum atomic E-state index is -0.900. The first-order chi connectivity index (χ1) is 31.2. The molecule has 4 unspecified atom stereocenters. The number of carbonyl (C=O) groups is 2. The fraction of sp³-hybridized carbons (Fsp3) is 0.333. The number of hydrogen-bond acceptors (Lipinski definition) is 12. The summed E-state index contributed by atoms with van der Waals surface area (Å²) in [5.74, 6) is 2.64. The van der Waals surface area contributed by atoms with Gasteiger partial charge in [0, 0.05) is 26.2 Å². The van der Waals surface area contributed by atoms with Crippen LogP contribution < -0.4 is 24.0 Å². The Morgan fingerprint density at radius 1 is 0.567 bits per heavy atom. The van der Waals surface area contributed by atoms with Gasteiger partial charge in [-0.25, -0.2) is 19.6 Å². The van der Waals surface area contributed by atoms with E-state index in [1.165, 1.54) is 6.20 Å². The Bertz CT molecular complexity index is 2480. The molecular formula is C54H66N4O9. The lowest BCUT2D eigenvalue weighted by Gasteiger charge is -2.36. The monoisotopic (exact) mass is 914 g/mol. The Labute approximate surface area is 395 Å². The number of morpholine rings is 2. The molecule has 13 nitrogen and oxygen atoms in total. The number of ether oxygens (including phenoxy) is 5. The van der Waals surface area contributed by atoms with Gasteiger partial charge in [0.2, 0.25) is 0 Å². The third kappa shape index (κ3) is 14.0. The van der Waals surface area contributed by atoms with Crippen molar-refractivity contribution in [1.29, 1.82) is 0 Å². The van der Waals surface area contributed by atoms with Crippen LogP contribution in [0.2, 0.25) is 0 Å². The highest BCUT2D eigenvalue weighted by atomic mass is 16.5. The molecule has 0 aliphatic carbocycles. The number of aromatic hydroxyl groups is 1. The topological polar surface area (TPSA) is 153 Å². The molecule has 0 bridgehead atoms. The third-order valence-electron chi connectivity index (χ3n) is 11.1. The number of aromatic nitrogens is 2. The first-order valence-corrected chi connectivity index (χ1v) is 21.6. The van der Waals surface area contributed by atoms with E-state index in [1.807, 2.05) is 92.7 Å². The smallest absolute Gasteiger partial charge is 0.343 e. The summed E-state index contributed by atoms with van der Waals surface area (Å²) in [5.41, 5.74) is 6.40. The average Bonchev–Trinajstić information content (AvgIpc) is 3.29. The molecule has 2 aromatic heterocycles. The molecule has 2 fully saturated rings. The Kier molecular flexibility index (Phi) is 19.3. The number of methoxy groups -OCH3 is 2. The number of pyridine rings is 2. The second-order valence-corrected chi connectivity index (χ2v) is 16.2. The van der Waals surface area contributed by atoms with E-state index in [2.05, 4.69) is 47.5 Å². The van der Waals surface area contributed by atoms with Crippen LogP contribution in [0, 0.1) is 13.8 Å². The Balaban J connectivity index is 0.000000237. The number of benzene rings is 4. The highest BCUT2D eigenvalue weighted by Gasteiger charge is 2.24. The van der Waals surface area contributed by atoms with E-state index in [1.54, 1.807) is 50.7 Å². The summed E-state index contributed by atoms with van der Waals surface area (Å²) in [4.78, 5) is 37.0. The fourth-order valence-corrected chi connectivity index (χ4v) is 7.97. The van der Waals surface area contributed by atoms with Crippen molar-refractivity contribution in [2.45, 2.75) is 80.8 Å². The van der Waals surface area contributed by atoms with Gasteiger partial charge < -0.3 is 43.7 Å². The van der Waals surface area contributed by atoms with Gasteiger partial charge in [0.1, 0.15) is 34.6 Å². The van der Waals surface area contributed by atoms with E-state index in [0.29, 0.717) is 16.9 Å². The van der Waals surface area contributed by atoms with Crippen LogP contribution >= 0.6 is 0 Å². The first kappa shape index (κ1) is 52.7. The van der Waals surface area contributed by atoms with E-state index in [4.69, 9.17) is 33.9 Å². The molecule has 0 spiro atoms. The number of anilines is 2. The lowest BCUT2D eigenvalue weighted by atomic mass is 9.96. The van der Waals surface area contributed by atoms with E-state index in [0.717, 1.165) is 82.7 Å². The number of esters is 1. The van der Waals surface area contributed by atoms with Crippen molar-refractivity contribution in [1.82, 2.24) is 9.97 Å². The lowest BCUT2D eigenvalue weighted by Crippen LogP contribution is -2.45. The van der Waals surface area contributed by atoms with Gasteiger partial charge >= 0.3 is 11.9 Å². The van der Waals surface area contributed by atoms with Crippen LogP contribution in [-0.2, 0) is 9.47 Å². The zero-order valence-electron chi connectivity index (χ0n) is 38.2. The fourth-order valence-electron chi connectivity index (χ4n) is 7.97. The van der Waals surface area contributed by atoms with Crippen molar-refractivity contribution in [3.8, 4) is 45.3 Å². The molecule has 0 saturated carbocycles. The maximum atomic E-state index is 12.9. The van der Waals surface area contributed by atoms with Crippen molar-refractivity contribution < 1.29 is 43.5 Å². The molecular weight excluding hydrogens is 849 g/mol. The molecule has 4 atom stereocenters. The second-order valence-electron chi connectivity index (χ2n) is 16.2. The number of hydrogen-bond donors (Lipinski definition) is 2. The standard InChI is InChI=1S/C26H28N2O4.C15H14O3.C11H16N2O2.2CH4/c1-17-15-28(16-18(2)31-17)25-13-12-22(14-27-25)32-26(29)24-7-5-6-23(19(24)3)20-8-10-21(30-4)11-9-20;1-10-13(4-3-5-14(10)15(16)17)11-6-8-12(18-2)9-7-11;1-8-6-13(7-9(2)15-8)11-4-3-10(14)5-12-11;;/h5-14,17-18H,15-16H2,1-4H3;3-9H,1-2H3,(H,16,17);3-5,8-9,14H,6-7H2,1-2H3;2*1H4. The molecule has 0 amide bonds. The van der Waals surface area contributed by atoms with Crippen molar-refractivity contribution in [2.24, 2.45) is 0 Å².